The molecule has 0 aliphatic heterocycles. The summed E-state index contributed by atoms with van der Waals surface area (Å²) < 4.78 is 8.27. The zero-order valence-corrected chi connectivity index (χ0v) is 32.5. The summed E-state index contributed by atoms with van der Waals surface area (Å²) in [5.41, 5.74) is 17.4. The molecule has 0 saturated carbocycles. The van der Waals surface area contributed by atoms with Crippen molar-refractivity contribution in [1.82, 2.24) is 4.57 Å². The smallest absolute Gasteiger partial charge is 0.136 e. The number of para-hydroxylation sites is 2. The number of aryl methyl sites for hydroxylation is 1. The van der Waals surface area contributed by atoms with Gasteiger partial charge >= 0.3 is 0 Å². The van der Waals surface area contributed by atoms with Crippen LogP contribution < -0.4 is 5.73 Å². The molecule has 7 rings (SSSR count). The maximum atomic E-state index is 6.21. The minimum Gasteiger partial charge on any atom is -0.456 e. The van der Waals surface area contributed by atoms with Gasteiger partial charge in [-0.25, -0.2) is 0 Å². The van der Waals surface area contributed by atoms with E-state index in [2.05, 4.69) is 128 Å². The zero-order valence-electron chi connectivity index (χ0n) is 32.5. The van der Waals surface area contributed by atoms with Crippen LogP contribution in [-0.4, -0.2) is 17.3 Å². The molecule has 5 aromatic carbocycles. The number of nitrogens with one attached hydrogen (secondary N) is 1. The van der Waals surface area contributed by atoms with Crippen LogP contribution in [0.25, 0.3) is 61.1 Å². The molecule has 2 heterocycles. The van der Waals surface area contributed by atoms with Crippen LogP contribution in [0.1, 0.15) is 51.3 Å². The molecule has 1 unspecified atom stereocenters. The third kappa shape index (κ3) is 9.22. The topological polar surface area (TPSA) is 67.9 Å². The van der Waals surface area contributed by atoms with Gasteiger partial charge in [-0.2, -0.15) is 0 Å². The molecule has 3 N–H and O–H groups in total. The third-order valence-corrected chi connectivity index (χ3v) is 8.93. The lowest BCUT2D eigenvalue weighted by atomic mass is 10.0. The molecule has 0 spiro atoms. The van der Waals surface area contributed by atoms with Gasteiger partial charge in [0.25, 0.3) is 0 Å². The average Bonchev–Trinajstić information content (AvgIpc) is 3.76. The Morgan fingerprint density at radius 1 is 0.741 bits per heavy atom. The molecule has 7 aromatic rings. The van der Waals surface area contributed by atoms with E-state index in [0.717, 1.165) is 38.6 Å². The quantitative estimate of drug-likeness (QED) is 0.122. The second-order valence-electron chi connectivity index (χ2n) is 12.3. The molecule has 2 aromatic heterocycles. The van der Waals surface area contributed by atoms with Crippen LogP contribution >= 0.6 is 0 Å². The van der Waals surface area contributed by atoms with E-state index >= 15 is 0 Å². The summed E-state index contributed by atoms with van der Waals surface area (Å²) in [5, 5.41) is 10.3. The highest BCUT2D eigenvalue weighted by atomic mass is 16.3. The van der Waals surface area contributed by atoms with E-state index in [9.17, 15) is 0 Å². The number of fused-ring (bicyclic) bond motifs is 6. The second-order valence-corrected chi connectivity index (χ2v) is 12.3. The average molecular weight is 712 g/mol. The van der Waals surface area contributed by atoms with Gasteiger partial charge in [-0.15, -0.1) is 0 Å². The SMILES string of the molecule is C/C=C\C(=C/C)C(N)/C=C/c1ccc2c(c1)oc1ccccc12.C=C/C(=C\C=C/C)c1ccc2c(c1)c1ccccc1n2-c1cccc(C)c1.C=N.CC. The Labute approximate surface area is 321 Å². The van der Waals surface area contributed by atoms with Gasteiger partial charge < -0.3 is 20.1 Å². The number of allylic oxidation sites excluding steroid dienone is 7. The highest BCUT2D eigenvalue weighted by Gasteiger charge is 2.13. The second kappa shape index (κ2) is 20.1. The lowest BCUT2D eigenvalue weighted by Gasteiger charge is -2.09. The Morgan fingerprint density at radius 3 is 2.15 bits per heavy atom. The van der Waals surface area contributed by atoms with Crippen LogP contribution in [0.15, 0.2) is 174 Å². The van der Waals surface area contributed by atoms with Gasteiger partial charge in [0.2, 0.25) is 0 Å². The van der Waals surface area contributed by atoms with Crippen LogP contribution in [0.2, 0.25) is 0 Å². The van der Waals surface area contributed by atoms with Crippen molar-refractivity contribution in [2.45, 2.75) is 47.6 Å². The third-order valence-electron chi connectivity index (χ3n) is 8.93. The number of benzene rings is 5. The van der Waals surface area contributed by atoms with Crippen LogP contribution in [0.3, 0.4) is 0 Å². The number of furan rings is 1. The van der Waals surface area contributed by atoms with E-state index in [1.54, 1.807) is 0 Å². The first kappa shape index (κ1) is 40.5. The largest absolute Gasteiger partial charge is 0.456 e. The van der Waals surface area contributed by atoms with Gasteiger partial charge in [0.15, 0.2) is 0 Å². The maximum absolute atomic E-state index is 6.21. The van der Waals surface area contributed by atoms with E-state index in [4.69, 9.17) is 15.6 Å². The van der Waals surface area contributed by atoms with E-state index in [-0.39, 0.29) is 6.04 Å². The Morgan fingerprint density at radius 2 is 1.44 bits per heavy atom. The van der Waals surface area contributed by atoms with E-state index in [1.807, 2.05) is 95.3 Å². The Balaban J connectivity index is 0.000000223. The van der Waals surface area contributed by atoms with Gasteiger partial charge in [-0.3, -0.25) is 0 Å². The van der Waals surface area contributed by atoms with Crippen molar-refractivity contribution < 1.29 is 4.42 Å². The van der Waals surface area contributed by atoms with Gasteiger partial charge in [-0.1, -0.05) is 136 Å². The molecule has 0 fully saturated rings. The van der Waals surface area contributed by atoms with Crippen LogP contribution in [0.4, 0.5) is 0 Å². The summed E-state index contributed by atoms with van der Waals surface area (Å²) >= 11 is 0. The first-order chi connectivity index (χ1) is 26.4. The molecule has 0 saturated heterocycles. The Hall–Kier alpha value is -6.23. The molecule has 0 bridgehead atoms. The lowest BCUT2D eigenvalue weighted by Crippen LogP contribution is -2.18. The fourth-order valence-electron chi connectivity index (χ4n) is 6.44. The van der Waals surface area contributed by atoms with Crippen molar-refractivity contribution >= 4 is 62.1 Å². The summed E-state index contributed by atoms with van der Waals surface area (Å²) in [7, 11) is 0. The summed E-state index contributed by atoms with van der Waals surface area (Å²) in [4.78, 5) is 0. The first-order valence-electron chi connectivity index (χ1n) is 18.5. The molecule has 274 valence electrons. The molecule has 0 radical (unpaired) electrons. The molecular weight excluding hydrogens is 659 g/mol. The van der Waals surface area contributed by atoms with Crippen LogP contribution in [-0.2, 0) is 0 Å². The summed E-state index contributed by atoms with van der Waals surface area (Å²) in [6.07, 6.45) is 18.2. The minimum atomic E-state index is -0.109. The predicted molar refractivity (Wildman–Crippen MR) is 239 cm³/mol. The van der Waals surface area contributed by atoms with E-state index < -0.39 is 0 Å². The molecule has 4 heteroatoms. The molecule has 1 atom stereocenters. The van der Waals surface area contributed by atoms with Gasteiger partial charge in [0, 0.05) is 33.3 Å². The van der Waals surface area contributed by atoms with E-state index in [0.29, 0.717) is 0 Å². The highest BCUT2D eigenvalue weighted by Crippen LogP contribution is 2.34. The summed E-state index contributed by atoms with van der Waals surface area (Å²) in [6.45, 7) is 18.6. The number of nitrogens with zero attached hydrogens (tertiary/aromatic N) is 1. The number of hydrogen-bond donors (Lipinski definition) is 2. The molecule has 4 nitrogen and oxygen atoms in total. The van der Waals surface area contributed by atoms with Crippen molar-refractivity contribution in [3.05, 3.63) is 187 Å². The van der Waals surface area contributed by atoms with Crippen LogP contribution in [0.5, 0.6) is 0 Å². The normalized spacial score (nSPS) is 12.5. The number of hydrogen-bond acceptors (Lipinski definition) is 3. The summed E-state index contributed by atoms with van der Waals surface area (Å²) in [6, 6.07) is 38.2. The number of rotatable bonds is 8. The monoisotopic (exact) mass is 711 g/mol. The fraction of sp³-hybridized carbons (Fsp3) is 0.140. The molecular formula is C50H53N3O. The lowest BCUT2D eigenvalue weighted by molar-refractivity contribution is 0.669. The fourth-order valence-corrected chi connectivity index (χ4v) is 6.44. The van der Waals surface area contributed by atoms with Gasteiger partial charge in [-0.05, 0) is 111 Å². The highest BCUT2D eigenvalue weighted by molar-refractivity contribution is 6.10. The van der Waals surface area contributed by atoms with Crippen molar-refractivity contribution in [2.75, 3.05) is 0 Å². The predicted octanol–water partition coefficient (Wildman–Crippen LogP) is 14.0. The van der Waals surface area contributed by atoms with E-state index in [1.165, 1.54) is 38.6 Å². The first-order valence-corrected chi connectivity index (χ1v) is 18.5. The maximum Gasteiger partial charge on any atom is 0.136 e. The number of aromatic nitrogens is 1. The number of nitrogens with two attached hydrogens (primary N) is 1. The summed E-state index contributed by atoms with van der Waals surface area (Å²) in [5.74, 6) is 0. The van der Waals surface area contributed by atoms with Crippen LogP contribution in [0, 0.1) is 12.3 Å². The van der Waals surface area contributed by atoms with Crippen molar-refractivity contribution in [1.29, 1.82) is 5.41 Å². The Kier molecular flexibility index (Phi) is 15.1. The standard InChI is InChI=1S/C26H23N.C21H21NO.C2H6.CH3N/c1-4-6-11-20(5-2)21-15-16-26-24(18-21)23-13-7-8-14-25(23)27(26)22-12-9-10-19(3)17-22;1-3-7-16(4-2)19(22)13-11-15-10-12-18-17-8-5-6-9-20(17)23-21(18)14-15;2*1-2/h4-18H,2H2,1,3H3;3-14,19H,22H2,1-2H3;1-2H3;2H,1H2/b6-4-,20-11+;7-3-,13-11+,16-4+;;. The van der Waals surface area contributed by atoms with Gasteiger partial charge in [0.1, 0.15) is 11.2 Å². The van der Waals surface area contributed by atoms with Gasteiger partial charge in [0.05, 0.1) is 11.0 Å². The minimum absolute atomic E-state index is 0.109. The Bertz CT molecular complexity index is 2480. The molecule has 0 aliphatic rings. The van der Waals surface area contributed by atoms with Crippen molar-refractivity contribution in [2.24, 2.45) is 5.73 Å². The van der Waals surface area contributed by atoms with Crippen molar-refractivity contribution in [3.8, 4) is 5.69 Å². The molecule has 0 amide bonds. The molecule has 54 heavy (non-hydrogen) atoms. The molecule has 0 aliphatic carbocycles. The zero-order chi connectivity index (χ0) is 39.0. The van der Waals surface area contributed by atoms with Crippen molar-refractivity contribution in [3.63, 3.8) is 0 Å².